The lowest BCUT2D eigenvalue weighted by Crippen LogP contribution is -2.00. The number of hydrogen-bond acceptors (Lipinski definition) is 4. The van der Waals surface area contributed by atoms with Crippen LogP contribution in [-0.4, -0.2) is 19.9 Å². The van der Waals surface area contributed by atoms with E-state index in [9.17, 15) is 0 Å². The van der Waals surface area contributed by atoms with Crippen LogP contribution in [0.15, 0.2) is 218 Å². The van der Waals surface area contributed by atoms with E-state index < -0.39 is 0 Å². The van der Waals surface area contributed by atoms with E-state index in [0.29, 0.717) is 17.5 Å². The first-order chi connectivity index (χ1) is 29.7. The summed E-state index contributed by atoms with van der Waals surface area (Å²) in [5.74, 6) is 1.87. The van der Waals surface area contributed by atoms with Crippen molar-refractivity contribution >= 4 is 32.4 Å². The summed E-state index contributed by atoms with van der Waals surface area (Å²) in [5.41, 5.74) is 12.5. The number of para-hydroxylation sites is 1. The Morgan fingerprint density at radius 3 is 1.32 bits per heavy atom. The topological polar surface area (TPSA) is 51.6 Å². The molecule has 0 saturated carbocycles. The van der Waals surface area contributed by atoms with Crippen LogP contribution in [0.3, 0.4) is 0 Å². The second-order valence-electron chi connectivity index (χ2n) is 15.0. The molecular weight excluding hydrogens is 729 g/mol. The van der Waals surface area contributed by atoms with Crippen molar-refractivity contribution in [1.82, 2.24) is 19.9 Å². The molecule has 0 aliphatic rings. The van der Waals surface area contributed by atoms with Gasteiger partial charge in [-0.3, -0.25) is 0 Å². The zero-order valence-electron chi connectivity index (χ0n) is 32.6. The van der Waals surface area contributed by atoms with Crippen molar-refractivity contribution in [2.24, 2.45) is 0 Å². The van der Waals surface area contributed by atoms with Crippen molar-refractivity contribution in [3.8, 4) is 78.8 Å². The van der Waals surface area contributed by atoms with Gasteiger partial charge in [-0.1, -0.05) is 194 Å². The fraction of sp³-hybridized carbons (Fsp3) is 0. The normalized spacial score (nSPS) is 11.3. The summed E-state index contributed by atoms with van der Waals surface area (Å²) in [4.78, 5) is 20.4. The Balaban J connectivity index is 1.06. The van der Waals surface area contributed by atoms with Crippen LogP contribution < -0.4 is 0 Å². The summed E-state index contributed by atoms with van der Waals surface area (Å²) in [6.07, 6.45) is 0. The minimum atomic E-state index is 0.613. The summed E-state index contributed by atoms with van der Waals surface area (Å²) in [6, 6.07) is 76.6. The number of nitrogens with zero attached hydrogens (tertiary/aromatic N) is 4. The van der Waals surface area contributed by atoms with Gasteiger partial charge in [0.05, 0.1) is 11.2 Å². The summed E-state index contributed by atoms with van der Waals surface area (Å²) in [6.45, 7) is 0. The Labute approximate surface area is 348 Å². The third-order valence-electron chi connectivity index (χ3n) is 11.3. The summed E-state index contributed by atoms with van der Waals surface area (Å²) < 4.78 is 0. The molecule has 0 unspecified atom stereocenters. The first-order valence-electron chi connectivity index (χ1n) is 20.2. The van der Waals surface area contributed by atoms with Crippen molar-refractivity contribution in [1.29, 1.82) is 0 Å². The van der Waals surface area contributed by atoms with Gasteiger partial charge in [-0.15, -0.1) is 0 Å². The van der Waals surface area contributed by atoms with Crippen molar-refractivity contribution < 1.29 is 0 Å². The molecule has 60 heavy (non-hydrogen) atoms. The van der Waals surface area contributed by atoms with Gasteiger partial charge >= 0.3 is 0 Å². The Morgan fingerprint density at radius 2 is 0.683 bits per heavy atom. The lowest BCUT2D eigenvalue weighted by atomic mass is 9.93. The van der Waals surface area contributed by atoms with Crippen molar-refractivity contribution in [2.45, 2.75) is 0 Å². The SMILES string of the molecule is c1ccc(-c2nc(-c3ccccc3)nc(-c3cc(-c4ccc(-c5cccc6ccccc56)cc4)cc(-c4ccc(-c5nc6ccccc6c6ccccc56)cc4)c3)n2)cc1. The van der Waals surface area contributed by atoms with Crippen LogP contribution >= 0.6 is 0 Å². The lowest BCUT2D eigenvalue weighted by Gasteiger charge is -2.14. The molecular formula is C56H36N4. The van der Waals surface area contributed by atoms with Crippen molar-refractivity contribution in [2.75, 3.05) is 0 Å². The largest absolute Gasteiger partial charge is 0.247 e. The Bertz CT molecular complexity index is 3280. The standard InChI is InChI=1S/C56H36N4/c1-3-15-42(16-4-1)54-58-55(43-17-5-2-6-18-43)60-56(59-54)46-35-44(37-26-30-40(31-27-37)48-24-13-19-39-14-7-8-20-47(39)48)34-45(36-46)38-28-32-41(33-29-38)53-51-23-10-9-21-49(51)50-22-11-12-25-52(50)57-53/h1-36H. The maximum atomic E-state index is 5.17. The number of hydrogen-bond donors (Lipinski definition) is 0. The highest BCUT2D eigenvalue weighted by Gasteiger charge is 2.16. The maximum absolute atomic E-state index is 5.17. The predicted molar refractivity (Wildman–Crippen MR) is 248 cm³/mol. The number of benzene rings is 9. The number of aromatic nitrogens is 4. The summed E-state index contributed by atoms with van der Waals surface area (Å²) in [7, 11) is 0. The van der Waals surface area contributed by atoms with Crippen molar-refractivity contribution in [3.63, 3.8) is 0 Å². The van der Waals surface area contributed by atoms with Crippen LogP contribution in [0.1, 0.15) is 0 Å². The molecule has 0 fully saturated rings. The minimum absolute atomic E-state index is 0.613. The Kier molecular flexibility index (Phi) is 8.79. The fourth-order valence-corrected chi connectivity index (χ4v) is 8.29. The van der Waals surface area contributed by atoms with Gasteiger partial charge in [-0.05, 0) is 73.8 Å². The molecule has 0 spiro atoms. The van der Waals surface area contributed by atoms with E-state index in [-0.39, 0.29) is 0 Å². The molecule has 0 N–H and O–H groups in total. The molecule has 11 aromatic rings. The monoisotopic (exact) mass is 764 g/mol. The third kappa shape index (κ3) is 6.56. The van der Waals surface area contributed by atoms with Crippen molar-refractivity contribution in [3.05, 3.63) is 218 Å². The van der Waals surface area contributed by atoms with Gasteiger partial charge in [0.1, 0.15) is 0 Å². The predicted octanol–water partition coefficient (Wildman–Crippen LogP) is 14.4. The molecule has 9 aromatic carbocycles. The molecule has 280 valence electrons. The Morgan fingerprint density at radius 1 is 0.233 bits per heavy atom. The van der Waals surface area contributed by atoms with E-state index in [4.69, 9.17) is 19.9 Å². The quantitative estimate of drug-likeness (QED) is 0.152. The first kappa shape index (κ1) is 35.1. The zero-order valence-corrected chi connectivity index (χ0v) is 32.6. The van der Waals surface area contributed by atoms with Crippen LogP contribution in [0, 0.1) is 0 Å². The molecule has 0 aliphatic carbocycles. The van der Waals surface area contributed by atoms with Crippen LogP contribution in [0.25, 0.3) is 111 Å². The van der Waals surface area contributed by atoms with Crippen LogP contribution in [-0.2, 0) is 0 Å². The highest BCUT2D eigenvalue weighted by atomic mass is 15.0. The number of fused-ring (bicyclic) bond motifs is 4. The highest BCUT2D eigenvalue weighted by Crippen LogP contribution is 2.37. The molecule has 0 radical (unpaired) electrons. The van der Waals surface area contributed by atoms with Gasteiger partial charge in [0.15, 0.2) is 17.5 Å². The van der Waals surface area contributed by atoms with E-state index in [0.717, 1.165) is 66.5 Å². The second-order valence-corrected chi connectivity index (χ2v) is 15.0. The van der Waals surface area contributed by atoms with Gasteiger partial charge < -0.3 is 0 Å². The minimum Gasteiger partial charge on any atom is -0.247 e. The molecule has 0 bridgehead atoms. The van der Waals surface area contributed by atoms with E-state index in [2.05, 4.69) is 158 Å². The maximum Gasteiger partial charge on any atom is 0.164 e. The lowest BCUT2D eigenvalue weighted by molar-refractivity contribution is 1.07. The summed E-state index contributed by atoms with van der Waals surface area (Å²) in [5, 5.41) is 5.97. The zero-order chi connectivity index (χ0) is 39.8. The average Bonchev–Trinajstić information content (AvgIpc) is 3.34. The van der Waals surface area contributed by atoms with Crippen LogP contribution in [0.4, 0.5) is 0 Å². The van der Waals surface area contributed by atoms with E-state index >= 15 is 0 Å². The molecule has 2 aromatic heterocycles. The molecule has 11 rings (SSSR count). The molecule has 4 nitrogen and oxygen atoms in total. The van der Waals surface area contributed by atoms with Gasteiger partial charge in [0.2, 0.25) is 0 Å². The number of rotatable bonds is 7. The molecule has 0 aliphatic heterocycles. The first-order valence-corrected chi connectivity index (χ1v) is 20.2. The third-order valence-corrected chi connectivity index (χ3v) is 11.3. The van der Waals surface area contributed by atoms with Gasteiger partial charge in [-0.25, -0.2) is 19.9 Å². The number of pyridine rings is 1. The Hall–Kier alpha value is -8.08. The molecule has 2 heterocycles. The molecule has 0 amide bonds. The molecule has 0 saturated heterocycles. The smallest absolute Gasteiger partial charge is 0.164 e. The summed E-state index contributed by atoms with van der Waals surface area (Å²) >= 11 is 0. The van der Waals surface area contributed by atoms with E-state index in [1.165, 1.54) is 27.3 Å². The van der Waals surface area contributed by atoms with Gasteiger partial charge in [0, 0.05) is 33.0 Å². The molecule has 4 heteroatoms. The van der Waals surface area contributed by atoms with Crippen LogP contribution in [0.2, 0.25) is 0 Å². The van der Waals surface area contributed by atoms with E-state index in [1.807, 2.05) is 60.7 Å². The average molecular weight is 765 g/mol. The highest BCUT2D eigenvalue weighted by molar-refractivity contribution is 6.11. The fourth-order valence-electron chi connectivity index (χ4n) is 8.29. The van der Waals surface area contributed by atoms with Gasteiger partial charge in [0.25, 0.3) is 0 Å². The second kappa shape index (κ2) is 15.0. The van der Waals surface area contributed by atoms with Gasteiger partial charge in [-0.2, -0.15) is 0 Å². The van der Waals surface area contributed by atoms with Crippen LogP contribution in [0.5, 0.6) is 0 Å². The molecule has 0 atom stereocenters. The van der Waals surface area contributed by atoms with E-state index in [1.54, 1.807) is 0 Å².